The minimum atomic E-state index is -0.727. The summed E-state index contributed by atoms with van der Waals surface area (Å²) in [5, 5.41) is 16.7. The fourth-order valence-corrected chi connectivity index (χ4v) is 2.58. The van der Waals surface area contributed by atoms with Crippen molar-refractivity contribution < 1.29 is 14.6 Å². The molecule has 28 heavy (non-hydrogen) atoms. The Bertz CT molecular complexity index is 627. The summed E-state index contributed by atoms with van der Waals surface area (Å²) in [6, 6.07) is 9.37. The molecular formula is C23H36N2O3. The summed E-state index contributed by atoms with van der Waals surface area (Å²) < 4.78 is 5.35. The van der Waals surface area contributed by atoms with Gasteiger partial charge < -0.3 is 20.5 Å². The van der Waals surface area contributed by atoms with Crippen molar-refractivity contribution in [1.82, 2.24) is 10.6 Å². The molecule has 0 aromatic heterocycles. The van der Waals surface area contributed by atoms with Crippen LogP contribution in [0.1, 0.15) is 53.0 Å². The van der Waals surface area contributed by atoms with Gasteiger partial charge in [0.2, 0.25) is 0 Å². The second kappa shape index (κ2) is 12.4. The molecule has 1 amide bonds. The molecule has 156 valence electrons. The number of aliphatic hydroxyl groups excluding tert-OH is 1. The topological polar surface area (TPSA) is 70.6 Å². The Kier molecular flexibility index (Phi) is 10.7. The van der Waals surface area contributed by atoms with Crippen molar-refractivity contribution in [3.8, 4) is 11.8 Å². The SMILES string of the molecule is CC(C)C#CCCCNC[C@@H](O)[C@H](Cc1ccccc1)NC(=O)OC(C)(C)C. The highest BCUT2D eigenvalue weighted by atomic mass is 16.6. The third kappa shape index (κ3) is 11.6. The molecule has 0 unspecified atom stereocenters. The van der Waals surface area contributed by atoms with Crippen molar-refractivity contribution in [1.29, 1.82) is 0 Å². The Labute approximate surface area is 170 Å². The lowest BCUT2D eigenvalue weighted by Gasteiger charge is -2.27. The molecule has 0 spiro atoms. The number of hydrogen-bond acceptors (Lipinski definition) is 4. The summed E-state index contributed by atoms with van der Waals surface area (Å²) in [7, 11) is 0. The Morgan fingerprint density at radius 1 is 1.21 bits per heavy atom. The lowest BCUT2D eigenvalue weighted by molar-refractivity contribution is 0.0422. The van der Waals surface area contributed by atoms with E-state index in [0.717, 1.165) is 24.9 Å². The average Bonchev–Trinajstić information content (AvgIpc) is 2.59. The van der Waals surface area contributed by atoms with E-state index in [0.29, 0.717) is 18.9 Å². The van der Waals surface area contributed by atoms with E-state index in [4.69, 9.17) is 4.74 Å². The van der Waals surface area contributed by atoms with Gasteiger partial charge in [0.15, 0.2) is 0 Å². The molecule has 0 fully saturated rings. The molecule has 5 heteroatoms. The maximum absolute atomic E-state index is 12.2. The van der Waals surface area contributed by atoms with Crippen LogP contribution in [0.4, 0.5) is 4.79 Å². The summed E-state index contributed by atoms with van der Waals surface area (Å²) in [4.78, 5) is 12.2. The normalized spacial score (nSPS) is 13.4. The van der Waals surface area contributed by atoms with Gasteiger partial charge in [-0.15, -0.1) is 11.8 Å². The summed E-state index contributed by atoms with van der Waals surface area (Å²) in [5.74, 6) is 6.69. The first kappa shape index (κ1) is 24.0. The second-order valence-electron chi connectivity index (χ2n) is 8.29. The minimum Gasteiger partial charge on any atom is -0.444 e. The highest BCUT2D eigenvalue weighted by molar-refractivity contribution is 5.68. The summed E-state index contributed by atoms with van der Waals surface area (Å²) in [6.07, 6.45) is 1.05. The van der Waals surface area contributed by atoms with Crippen molar-refractivity contribution >= 4 is 6.09 Å². The van der Waals surface area contributed by atoms with Crippen molar-refractivity contribution in [2.24, 2.45) is 5.92 Å². The molecule has 0 aliphatic heterocycles. The number of ether oxygens (including phenoxy) is 1. The van der Waals surface area contributed by atoms with Crippen LogP contribution in [0, 0.1) is 17.8 Å². The van der Waals surface area contributed by atoms with E-state index in [-0.39, 0.29) is 0 Å². The highest BCUT2D eigenvalue weighted by Gasteiger charge is 2.24. The Hall–Kier alpha value is -2.03. The van der Waals surface area contributed by atoms with Gasteiger partial charge in [-0.05, 0) is 45.7 Å². The smallest absolute Gasteiger partial charge is 0.407 e. The zero-order chi connectivity index (χ0) is 21.0. The van der Waals surface area contributed by atoms with Crippen LogP contribution in [0.5, 0.6) is 0 Å². The molecule has 1 aromatic carbocycles. The highest BCUT2D eigenvalue weighted by Crippen LogP contribution is 2.10. The first-order valence-electron chi connectivity index (χ1n) is 10.1. The van der Waals surface area contributed by atoms with Crippen LogP contribution in [0.3, 0.4) is 0 Å². The number of benzene rings is 1. The predicted molar refractivity (Wildman–Crippen MR) is 114 cm³/mol. The van der Waals surface area contributed by atoms with Crippen LogP contribution in [0.2, 0.25) is 0 Å². The van der Waals surface area contributed by atoms with Gasteiger partial charge in [0.05, 0.1) is 12.1 Å². The third-order valence-corrected chi connectivity index (χ3v) is 3.86. The fraction of sp³-hybridized carbons (Fsp3) is 0.609. The van der Waals surface area contributed by atoms with E-state index >= 15 is 0 Å². The monoisotopic (exact) mass is 388 g/mol. The van der Waals surface area contributed by atoms with E-state index in [1.165, 1.54) is 0 Å². The van der Waals surface area contributed by atoms with Gasteiger partial charge in [0, 0.05) is 18.9 Å². The summed E-state index contributed by atoms with van der Waals surface area (Å²) in [5.41, 5.74) is 0.466. The number of carbonyl (C=O) groups is 1. The number of amides is 1. The van der Waals surface area contributed by atoms with Crippen LogP contribution < -0.4 is 10.6 Å². The van der Waals surface area contributed by atoms with E-state index in [2.05, 4.69) is 36.3 Å². The van der Waals surface area contributed by atoms with Gasteiger partial charge in [-0.25, -0.2) is 4.79 Å². The van der Waals surface area contributed by atoms with E-state index in [9.17, 15) is 9.90 Å². The molecule has 1 rings (SSSR count). The lowest BCUT2D eigenvalue weighted by atomic mass is 10.0. The van der Waals surface area contributed by atoms with Gasteiger partial charge >= 0.3 is 6.09 Å². The fourth-order valence-electron chi connectivity index (χ4n) is 2.58. The number of aliphatic hydroxyl groups is 1. The number of rotatable bonds is 9. The van der Waals surface area contributed by atoms with Gasteiger partial charge in [0.25, 0.3) is 0 Å². The van der Waals surface area contributed by atoms with Crippen molar-refractivity contribution in [2.75, 3.05) is 13.1 Å². The van der Waals surface area contributed by atoms with E-state index in [1.807, 2.05) is 51.1 Å². The first-order chi connectivity index (χ1) is 13.2. The average molecular weight is 389 g/mol. The number of nitrogens with one attached hydrogen (secondary N) is 2. The summed E-state index contributed by atoms with van der Waals surface area (Å²) in [6.45, 7) is 10.8. The minimum absolute atomic E-state index is 0.394. The van der Waals surface area contributed by atoms with Crippen LogP contribution in [-0.2, 0) is 11.2 Å². The van der Waals surface area contributed by atoms with Gasteiger partial charge in [-0.1, -0.05) is 44.2 Å². The molecular weight excluding hydrogens is 352 g/mol. The Morgan fingerprint density at radius 2 is 1.89 bits per heavy atom. The molecule has 0 saturated carbocycles. The molecule has 0 saturated heterocycles. The first-order valence-corrected chi connectivity index (χ1v) is 10.1. The third-order valence-electron chi connectivity index (χ3n) is 3.86. The second-order valence-corrected chi connectivity index (χ2v) is 8.29. The van der Waals surface area contributed by atoms with Gasteiger partial charge in [-0.3, -0.25) is 0 Å². The zero-order valence-electron chi connectivity index (χ0n) is 17.9. The quantitative estimate of drug-likeness (QED) is 0.447. The van der Waals surface area contributed by atoms with E-state index < -0.39 is 23.8 Å². The van der Waals surface area contributed by atoms with Gasteiger partial charge in [-0.2, -0.15) is 0 Å². The molecule has 0 bridgehead atoms. The van der Waals surface area contributed by atoms with Crippen LogP contribution in [-0.4, -0.2) is 42.0 Å². The zero-order valence-corrected chi connectivity index (χ0v) is 17.9. The largest absolute Gasteiger partial charge is 0.444 e. The standard InChI is InChI=1S/C23H36N2O3/c1-18(2)12-8-7-11-15-24-17-21(26)20(16-19-13-9-6-10-14-19)25-22(27)28-23(3,4)5/h6,9-10,13-14,18,20-21,24,26H,7,11,15-17H2,1-5H3,(H,25,27)/t20-,21+/m0/s1. The van der Waals surface area contributed by atoms with Crippen LogP contribution in [0.25, 0.3) is 0 Å². The molecule has 0 heterocycles. The Morgan fingerprint density at radius 3 is 2.50 bits per heavy atom. The predicted octanol–water partition coefficient (Wildman–Crippen LogP) is 3.51. The lowest BCUT2D eigenvalue weighted by Crippen LogP contribution is -2.50. The molecule has 0 aliphatic rings. The molecule has 3 N–H and O–H groups in total. The summed E-state index contributed by atoms with van der Waals surface area (Å²) >= 11 is 0. The van der Waals surface area contributed by atoms with Crippen molar-refractivity contribution in [3.63, 3.8) is 0 Å². The molecule has 5 nitrogen and oxygen atoms in total. The van der Waals surface area contributed by atoms with Crippen molar-refractivity contribution in [2.45, 2.75) is 71.6 Å². The van der Waals surface area contributed by atoms with Crippen molar-refractivity contribution in [3.05, 3.63) is 35.9 Å². The van der Waals surface area contributed by atoms with E-state index in [1.54, 1.807) is 0 Å². The molecule has 1 aromatic rings. The molecule has 0 radical (unpaired) electrons. The molecule has 0 aliphatic carbocycles. The van der Waals surface area contributed by atoms with Crippen LogP contribution in [0.15, 0.2) is 30.3 Å². The Balaban J connectivity index is 2.55. The number of unbranched alkanes of at least 4 members (excludes halogenated alkanes) is 1. The number of alkyl carbamates (subject to hydrolysis) is 1. The van der Waals surface area contributed by atoms with Gasteiger partial charge in [0.1, 0.15) is 5.60 Å². The maximum Gasteiger partial charge on any atom is 0.407 e. The maximum atomic E-state index is 12.2. The van der Waals surface area contributed by atoms with Crippen LogP contribution >= 0.6 is 0 Å². The molecule has 2 atom stereocenters. The number of carbonyl (C=O) groups excluding carboxylic acids is 1. The number of hydrogen-bond donors (Lipinski definition) is 3.